The summed E-state index contributed by atoms with van der Waals surface area (Å²) in [5.74, 6) is 0.382. The number of sulfone groups is 1. The van der Waals surface area contributed by atoms with Gasteiger partial charge in [0.15, 0.2) is 9.84 Å². The zero-order chi connectivity index (χ0) is 57.7. The van der Waals surface area contributed by atoms with Crippen molar-refractivity contribution in [1.29, 1.82) is 0 Å². The molecule has 5 aromatic rings. The highest BCUT2D eigenvalue weighted by atomic mass is 32.2. The first-order valence-corrected chi connectivity index (χ1v) is 34.9. The van der Waals surface area contributed by atoms with Crippen molar-refractivity contribution < 1.29 is 46.4 Å². The van der Waals surface area contributed by atoms with E-state index >= 15 is 8.42 Å². The first-order valence-electron chi connectivity index (χ1n) is 29.5. The van der Waals surface area contributed by atoms with Crippen LogP contribution >= 0.6 is 0 Å². The van der Waals surface area contributed by atoms with Crippen LogP contribution in [0.3, 0.4) is 0 Å². The maximum atomic E-state index is 15.3. The van der Waals surface area contributed by atoms with E-state index in [0.29, 0.717) is 31.6 Å². The topological polar surface area (TPSA) is 130 Å². The highest BCUT2D eigenvalue weighted by Gasteiger charge is 2.65. The molecule has 0 aliphatic carbocycles. The summed E-state index contributed by atoms with van der Waals surface area (Å²) in [6, 6.07) is 50.5. The van der Waals surface area contributed by atoms with Crippen LogP contribution in [0.2, 0.25) is 10.1 Å². The van der Waals surface area contributed by atoms with Crippen molar-refractivity contribution in [1.82, 2.24) is 0 Å². The summed E-state index contributed by atoms with van der Waals surface area (Å²) < 4.78 is 76.2. The number of aliphatic hydroxyl groups excluding tert-OH is 2. The van der Waals surface area contributed by atoms with Crippen molar-refractivity contribution in [3.8, 4) is 0 Å². The lowest BCUT2D eigenvalue weighted by Crippen LogP contribution is -2.73. The van der Waals surface area contributed by atoms with Crippen LogP contribution in [0.25, 0.3) is 0 Å². The molecule has 0 spiro atoms. The molecule has 13 atom stereocenters. The Balaban J connectivity index is 1.18. The SMILES string of the molecule is C=C=C(C)C[C@@H](C)CC[C@@H]1OC(CC(C(O)C[C@H]2OC3[C@@H](O[C@H]4CC[C@H](CCO)O[C@@H]4[C@@H]3O[Si](c3ccccc3)(c3ccccc3)C(C)(C)C)[C@H]2O[Si](c2ccccc2)(c2ccccc2)C(C)(C)C)S(=O)(=O)c2ccccc2)CC1=C. The van der Waals surface area contributed by atoms with Crippen molar-refractivity contribution in [2.45, 2.75) is 201 Å². The summed E-state index contributed by atoms with van der Waals surface area (Å²) >= 11 is 0. The Kier molecular flexibility index (Phi) is 19.4. The average molecular weight is 1150 g/mol. The van der Waals surface area contributed by atoms with Gasteiger partial charge in [-0.15, -0.1) is 5.73 Å². The second-order valence-corrected chi connectivity index (χ2v) is 36.1. The van der Waals surface area contributed by atoms with Crippen molar-refractivity contribution in [2.24, 2.45) is 5.92 Å². The third-order valence-corrected chi connectivity index (χ3v) is 30.1. The van der Waals surface area contributed by atoms with Gasteiger partial charge in [-0.1, -0.05) is 201 Å². The molecule has 0 aromatic heterocycles. The summed E-state index contributed by atoms with van der Waals surface area (Å²) in [7, 11) is -11.0. The first-order chi connectivity index (χ1) is 38.7. The van der Waals surface area contributed by atoms with Crippen LogP contribution in [0.1, 0.15) is 113 Å². The second kappa shape index (κ2) is 25.7. The number of hydrogen-bond acceptors (Lipinski definition) is 10. The van der Waals surface area contributed by atoms with E-state index in [1.165, 1.54) is 0 Å². The van der Waals surface area contributed by atoms with Gasteiger partial charge in [0, 0.05) is 13.0 Å². The van der Waals surface area contributed by atoms with E-state index in [2.05, 4.69) is 164 Å². The van der Waals surface area contributed by atoms with Gasteiger partial charge in [-0.3, -0.25) is 0 Å². The largest absolute Gasteiger partial charge is 0.399 e. The molecular formula is C68H88O10SSi2. The number of ether oxygens (including phenoxy) is 4. The van der Waals surface area contributed by atoms with E-state index in [4.69, 9.17) is 27.8 Å². The summed E-state index contributed by atoms with van der Waals surface area (Å²) in [6.45, 7) is 26.0. The van der Waals surface area contributed by atoms with Crippen LogP contribution in [0, 0.1) is 5.92 Å². The molecule has 81 heavy (non-hydrogen) atoms. The molecule has 4 heterocycles. The lowest BCUT2D eigenvalue weighted by Gasteiger charge is -2.53. The number of fused-ring (bicyclic) bond motifs is 2. The third-order valence-electron chi connectivity index (χ3n) is 17.8. The Morgan fingerprint density at radius 2 is 1.14 bits per heavy atom. The van der Waals surface area contributed by atoms with Crippen LogP contribution in [0.5, 0.6) is 0 Å². The maximum absolute atomic E-state index is 15.3. The minimum Gasteiger partial charge on any atom is -0.399 e. The van der Waals surface area contributed by atoms with Crippen LogP contribution in [0.15, 0.2) is 187 Å². The summed E-state index contributed by atoms with van der Waals surface area (Å²) in [5, 5.41) is 25.7. The number of hydrogen-bond donors (Lipinski definition) is 2. The fraction of sp³-hybridized carbons (Fsp3) is 0.485. The summed E-state index contributed by atoms with van der Waals surface area (Å²) in [4.78, 5) is 0.128. The van der Waals surface area contributed by atoms with E-state index < -0.39 is 96.7 Å². The smallest absolute Gasteiger partial charge is 0.261 e. The molecule has 5 aromatic carbocycles. The Morgan fingerprint density at radius 1 is 0.654 bits per heavy atom. The Morgan fingerprint density at radius 3 is 1.62 bits per heavy atom. The predicted octanol–water partition coefficient (Wildman–Crippen LogP) is 10.6. The molecule has 4 unspecified atom stereocenters. The molecule has 4 fully saturated rings. The average Bonchev–Trinajstić information content (AvgIpc) is 4.23. The van der Waals surface area contributed by atoms with Crippen molar-refractivity contribution in [2.75, 3.05) is 6.61 Å². The molecule has 10 nitrogen and oxygen atoms in total. The van der Waals surface area contributed by atoms with E-state index in [1.54, 1.807) is 30.3 Å². The first kappa shape index (κ1) is 61.0. The third kappa shape index (κ3) is 12.8. The normalized spacial score (nSPS) is 26.5. The standard InChI is InChI=1S/C68H88O10SSi2/c1-11-47(2)43-48(3)37-39-58-49(4)44-51(73-58)45-61(79(71,72)52-27-17-12-18-28-52)57(70)46-60-63(77-80(67(5,6)7,53-29-19-13-20-30-53)54-31-21-14-22-32-54)64-65(76-60)66(62-59(75-64)40-38-50(74-62)41-42-69)78-81(68(8,9)10,55-33-23-15-24-34-55)56-35-25-16-26-36-56/h12-36,48,50-51,57-66,69-70H,1,4,37-46H2,2-3,5-10H3/t48-,50+,51?,57?,58-,59-,60+,61?,62-,63-,64-,65?,66-/m0/s1. The number of aliphatic hydroxyl groups is 2. The zero-order valence-electron chi connectivity index (χ0n) is 49.0. The van der Waals surface area contributed by atoms with Gasteiger partial charge in [-0.05, 0) is 118 Å². The van der Waals surface area contributed by atoms with Crippen LogP contribution < -0.4 is 20.7 Å². The molecule has 4 saturated heterocycles. The van der Waals surface area contributed by atoms with Crippen molar-refractivity contribution >= 4 is 47.2 Å². The summed E-state index contributed by atoms with van der Waals surface area (Å²) in [6.07, 6.45) is -2.73. The molecule has 0 bridgehead atoms. The number of benzene rings is 5. The van der Waals surface area contributed by atoms with Crippen molar-refractivity contribution in [3.63, 3.8) is 0 Å². The zero-order valence-corrected chi connectivity index (χ0v) is 51.8. The lowest BCUT2D eigenvalue weighted by atomic mass is 9.87. The highest BCUT2D eigenvalue weighted by molar-refractivity contribution is 7.92. The van der Waals surface area contributed by atoms with Gasteiger partial charge >= 0.3 is 0 Å². The Bertz CT molecular complexity index is 2920. The molecule has 0 radical (unpaired) electrons. The van der Waals surface area contributed by atoms with Crippen molar-refractivity contribution in [3.05, 3.63) is 182 Å². The van der Waals surface area contributed by atoms with Gasteiger partial charge in [0.1, 0.15) is 30.5 Å². The monoisotopic (exact) mass is 1150 g/mol. The van der Waals surface area contributed by atoms with Gasteiger partial charge < -0.3 is 38.0 Å². The van der Waals surface area contributed by atoms with E-state index in [-0.39, 0.29) is 36.6 Å². The van der Waals surface area contributed by atoms with Crippen LogP contribution in [-0.2, 0) is 37.6 Å². The minimum absolute atomic E-state index is 0.0272. The summed E-state index contributed by atoms with van der Waals surface area (Å²) in [5.41, 5.74) is 5.07. The van der Waals surface area contributed by atoms with Gasteiger partial charge in [-0.25, -0.2) is 8.42 Å². The van der Waals surface area contributed by atoms with Gasteiger partial charge in [-0.2, -0.15) is 0 Å². The fourth-order valence-corrected chi connectivity index (χ4v) is 25.1. The van der Waals surface area contributed by atoms with Gasteiger partial charge in [0.05, 0.1) is 46.8 Å². The molecule has 2 N–H and O–H groups in total. The van der Waals surface area contributed by atoms with E-state index in [0.717, 1.165) is 51.2 Å². The minimum atomic E-state index is -4.19. The molecule has 4 aliphatic heterocycles. The number of rotatable bonds is 22. The number of allylic oxidation sites excluding steroid dienone is 1. The fourth-order valence-electron chi connectivity index (χ4n) is 13.8. The van der Waals surface area contributed by atoms with Crippen LogP contribution in [0.4, 0.5) is 0 Å². The van der Waals surface area contributed by atoms with Gasteiger partial charge in [0.2, 0.25) is 0 Å². The molecule has 0 amide bonds. The molecule has 0 saturated carbocycles. The quantitative estimate of drug-likeness (QED) is 0.0393. The maximum Gasteiger partial charge on any atom is 0.261 e. The van der Waals surface area contributed by atoms with E-state index in [1.807, 2.05) is 31.2 Å². The highest BCUT2D eigenvalue weighted by Crippen LogP contribution is 2.49. The van der Waals surface area contributed by atoms with Gasteiger partial charge in [0.25, 0.3) is 16.6 Å². The van der Waals surface area contributed by atoms with Crippen LogP contribution in [-0.4, -0.2) is 114 Å². The molecule has 9 rings (SSSR count). The van der Waals surface area contributed by atoms with E-state index in [9.17, 15) is 10.2 Å². The molecule has 434 valence electrons. The second-order valence-electron chi connectivity index (χ2n) is 25.5. The molecule has 13 heteroatoms. The molecule has 4 aliphatic rings. The predicted molar refractivity (Wildman–Crippen MR) is 328 cm³/mol. The Hall–Kier alpha value is -4.58. The lowest BCUT2D eigenvalue weighted by molar-refractivity contribution is -0.255. The molecular weight excluding hydrogens is 1060 g/mol. The Labute approximate surface area is 485 Å².